The van der Waals surface area contributed by atoms with Gasteiger partial charge in [0.05, 0.1) is 0 Å². The predicted molar refractivity (Wildman–Crippen MR) is 37.8 cm³/mol. The molecule has 3 nitrogen and oxygen atoms in total. The van der Waals surface area contributed by atoms with Crippen LogP contribution in [0.1, 0.15) is 19.8 Å². The number of nitrogens with one attached hydrogen (secondary N) is 1. The lowest BCUT2D eigenvalue weighted by Crippen LogP contribution is -2.42. The molecule has 0 radical (unpaired) electrons. The van der Waals surface area contributed by atoms with Crippen molar-refractivity contribution in [2.24, 2.45) is 5.92 Å². The molecule has 10 heavy (non-hydrogen) atoms. The first-order valence-corrected chi connectivity index (χ1v) is 3.66. The summed E-state index contributed by atoms with van der Waals surface area (Å²) in [6.07, 6.45) is 1.87. The number of aliphatic carboxylic acids is 1. The molecule has 0 amide bonds. The zero-order chi connectivity index (χ0) is 7.56. The van der Waals surface area contributed by atoms with Gasteiger partial charge in [0.2, 0.25) is 0 Å². The number of piperidine rings is 1. The summed E-state index contributed by atoms with van der Waals surface area (Å²) in [6.45, 7) is 2.94. The highest BCUT2D eigenvalue weighted by molar-refractivity contribution is 5.73. The van der Waals surface area contributed by atoms with Crippen LogP contribution in [-0.2, 0) is 4.79 Å². The summed E-state index contributed by atoms with van der Waals surface area (Å²) in [5.41, 5.74) is 0. The van der Waals surface area contributed by atoms with Gasteiger partial charge in [0, 0.05) is 0 Å². The molecule has 2 N–H and O–H groups in total. The number of carboxylic acids is 1. The molecule has 1 fully saturated rings. The Balaban J connectivity index is 2.39. The zero-order valence-electron chi connectivity index (χ0n) is 6.13. The van der Waals surface area contributed by atoms with E-state index in [0.717, 1.165) is 19.4 Å². The third kappa shape index (κ3) is 1.70. The van der Waals surface area contributed by atoms with Crippen LogP contribution < -0.4 is 5.32 Å². The van der Waals surface area contributed by atoms with E-state index in [1.54, 1.807) is 0 Å². The van der Waals surface area contributed by atoms with Crippen LogP contribution >= 0.6 is 0 Å². The molecule has 0 aliphatic carbocycles. The van der Waals surface area contributed by atoms with E-state index in [2.05, 4.69) is 12.2 Å². The van der Waals surface area contributed by atoms with Crippen molar-refractivity contribution in [3.05, 3.63) is 0 Å². The third-order valence-corrected chi connectivity index (χ3v) is 1.96. The number of hydrogen-bond acceptors (Lipinski definition) is 2. The Kier molecular flexibility index (Phi) is 2.27. The number of carboxylic acid groups (broad SMARTS) is 1. The van der Waals surface area contributed by atoms with Crippen molar-refractivity contribution < 1.29 is 9.90 Å². The lowest BCUT2D eigenvalue weighted by Gasteiger charge is -2.24. The Labute approximate surface area is 60.4 Å². The molecule has 58 valence electrons. The molecule has 1 saturated heterocycles. The molecular formula is C7H13NO2. The first-order valence-electron chi connectivity index (χ1n) is 3.66. The van der Waals surface area contributed by atoms with Crippen molar-refractivity contribution in [3.8, 4) is 0 Å². The Morgan fingerprint density at radius 2 is 2.40 bits per heavy atom. The molecule has 0 aromatic carbocycles. The van der Waals surface area contributed by atoms with Gasteiger partial charge in [-0.05, 0) is 25.3 Å². The molecule has 1 aliphatic rings. The largest absolute Gasteiger partial charge is 0.480 e. The fourth-order valence-corrected chi connectivity index (χ4v) is 1.30. The van der Waals surface area contributed by atoms with Crippen LogP contribution in [0.15, 0.2) is 0 Å². The van der Waals surface area contributed by atoms with Gasteiger partial charge in [-0.2, -0.15) is 0 Å². The van der Waals surface area contributed by atoms with Gasteiger partial charge in [-0.25, -0.2) is 0 Å². The topological polar surface area (TPSA) is 49.3 Å². The van der Waals surface area contributed by atoms with Crippen molar-refractivity contribution in [2.75, 3.05) is 6.54 Å². The van der Waals surface area contributed by atoms with Crippen molar-refractivity contribution in [1.82, 2.24) is 5.32 Å². The zero-order valence-corrected chi connectivity index (χ0v) is 6.13. The summed E-state index contributed by atoms with van der Waals surface area (Å²) in [5.74, 6) is -0.158. The fourth-order valence-electron chi connectivity index (χ4n) is 1.30. The molecule has 0 saturated carbocycles. The second kappa shape index (κ2) is 3.01. The van der Waals surface area contributed by atoms with E-state index in [4.69, 9.17) is 5.11 Å². The van der Waals surface area contributed by atoms with E-state index >= 15 is 0 Å². The van der Waals surface area contributed by atoms with Crippen LogP contribution in [0.3, 0.4) is 0 Å². The normalized spacial score (nSPS) is 33.7. The predicted octanol–water partition coefficient (Wildman–Crippen LogP) is 0.459. The van der Waals surface area contributed by atoms with Crippen LogP contribution in [0, 0.1) is 5.92 Å². The quantitative estimate of drug-likeness (QED) is 0.560. The van der Waals surface area contributed by atoms with Crippen LogP contribution in [0.25, 0.3) is 0 Å². The number of hydrogen-bond donors (Lipinski definition) is 2. The number of carbonyl (C=O) groups is 1. The minimum Gasteiger partial charge on any atom is -0.480 e. The van der Waals surface area contributed by atoms with Crippen molar-refractivity contribution in [2.45, 2.75) is 25.8 Å². The standard InChI is InChI=1S/C7H13NO2/c1-5-2-3-8-6(4-5)7(9)10/h5-6,8H,2-4H2,1H3,(H,9,10). The van der Waals surface area contributed by atoms with Gasteiger partial charge < -0.3 is 10.4 Å². The van der Waals surface area contributed by atoms with Crippen molar-refractivity contribution >= 4 is 5.97 Å². The Hall–Kier alpha value is -0.570. The van der Waals surface area contributed by atoms with Crippen LogP contribution in [-0.4, -0.2) is 23.7 Å². The molecule has 1 aliphatic heterocycles. The molecule has 0 spiro atoms. The lowest BCUT2D eigenvalue weighted by atomic mass is 9.94. The first kappa shape index (κ1) is 7.54. The molecular weight excluding hydrogens is 130 g/mol. The SMILES string of the molecule is CC1CCNC(C(=O)O)C1. The maximum atomic E-state index is 10.4. The van der Waals surface area contributed by atoms with Crippen LogP contribution in [0.5, 0.6) is 0 Å². The van der Waals surface area contributed by atoms with E-state index in [-0.39, 0.29) is 6.04 Å². The Morgan fingerprint density at radius 1 is 1.70 bits per heavy atom. The smallest absolute Gasteiger partial charge is 0.320 e. The molecule has 2 atom stereocenters. The lowest BCUT2D eigenvalue weighted by molar-refractivity contribution is -0.140. The molecule has 3 heteroatoms. The monoisotopic (exact) mass is 143 g/mol. The van der Waals surface area contributed by atoms with Gasteiger partial charge in [-0.1, -0.05) is 6.92 Å². The Bertz CT molecular complexity index is 136. The molecule has 1 heterocycles. The van der Waals surface area contributed by atoms with Gasteiger partial charge in [-0.3, -0.25) is 4.79 Å². The first-order chi connectivity index (χ1) is 4.70. The van der Waals surface area contributed by atoms with Crippen molar-refractivity contribution in [1.29, 1.82) is 0 Å². The highest BCUT2D eigenvalue weighted by Crippen LogP contribution is 2.14. The maximum Gasteiger partial charge on any atom is 0.320 e. The molecule has 0 aromatic rings. The summed E-state index contributed by atoms with van der Waals surface area (Å²) in [6, 6.07) is -0.302. The van der Waals surface area contributed by atoms with Gasteiger partial charge in [0.1, 0.15) is 6.04 Å². The van der Waals surface area contributed by atoms with Gasteiger partial charge >= 0.3 is 5.97 Å². The van der Waals surface area contributed by atoms with E-state index < -0.39 is 5.97 Å². The summed E-state index contributed by atoms with van der Waals surface area (Å²) >= 11 is 0. The van der Waals surface area contributed by atoms with E-state index in [0.29, 0.717) is 5.92 Å². The fraction of sp³-hybridized carbons (Fsp3) is 0.857. The minimum atomic E-state index is -0.716. The average molecular weight is 143 g/mol. The Morgan fingerprint density at radius 3 is 2.80 bits per heavy atom. The molecule has 2 unspecified atom stereocenters. The summed E-state index contributed by atoms with van der Waals surface area (Å²) in [5, 5.41) is 11.5. The van der Waals surface area contributed by atoms with Gasteiger partial charge in [0.25, 0.3) is 0 Å². The summed E-state index contributed by atoms with van der Waals surface area (Å²) in [4.78, 5) is 10.4. The van der Waals surface area contributed by atoms with Crippen LogP contribution in [0.4, 0.5) is 0 Å². The van der Waals surface area contributed by atoms with E-state index in [1.165, 1.54) is 0 Å². The van der Waals surface area contributed by atoms with Gasteiger partial charge in [0.15, 0.2) is 0 Å². The second-order valence-corrected chi connectivity index (χ2v) is 2.97. The average Bonchev–Trinajstić information content (AvgIpc) is 1.88. The minimum absolute atomic E-state index is 0.302. The summed E-state index contributed by atoms with van der Waals surface area (Å²) < 4.78 is 0. The van der Waals surface area contributed by atoms with Crippen molar-refractivity contribution in [3.63, 3.8) is 0 Å². The highest BCUT2D eigenvalue weighted by Gasteiger charge is 2.23. The second-order valence-electron chi connectivity index (χ2n) is 2.97. The number of rotatable bonds is 1. The third-order valence-electron chi connectivity index (χ3n) is 1.96. The highest BCUT2D eigenvalue weighted by atomic mass is 16.4. The summed E-state index contributed by atoms with van der Waals surface area (Å²) in [7, 11) is 0. The molecule has 1 rings (SSSR count). The van der Waals surface area contributed by atoms with E-state index in [9.17, 15) is 4.79 Å². The van der Waals surface area contributed by atoms with E-state index in [1.807, 2.05) is 0 Å². The molecule has 0 aromatic heterocycles. The molecule has 0 bridgehead atoms. The van der Waals surface area contributed by atoms with Gasteiger partial charge in [-0.15, -0.1) is 0 Å². The van der Waals surface area contributed by atoms with Crippen LogP contribution in [0.2, 0.25) is 0 Å². The maximum absolute atomic E-state index is 10.4.